The van der Waals surface area contributed by atoms with Crippen LogP contribution < -0.4 is 5.73 Å². The molecule has 17 heavy (non-hydrogen) atoms. The third kappa shape index (κ3) is 1.78. The first kappa shape index (κ1) is 10.9. The molecule has 0 aliphatic carbocycles. The van der Waals surface area contributed by atoms with Crippen molar-refractivity contribution < 1.29 is 10.0 Å². The topological polar surface area (TPSA) is 107 Å². The molecule has 0 spiro atoms. The van der Waals surface area contributed by atoms with Crippen LogP contribution >= 0.6 is 0 Å². The van der Waals surface area contributed by atoms with Crippen LogP contribution in [0.25, 0.3) is 11.3 Å². The molecule has 88 valence electrons. The maximum absolute atomic E-state index is 10.7. The Morgan fingerprint density at radius 3 is 2.76 bits per heavy atom. The van der Waals surface area contributed by atoms with Crippen LogP contribution in [-0.4, -0.2) is 19.8 Å². The fraction of sp³-hybridized carbons (Fsp3) is 0.100. The Morgan fingerprint density at radius 2 is 2.24 bits per heavy atom. The molecule has 0 aliphatic heterocycles. The van der Waals surface area contributed by atoms with E-state index in [2.05, 4.69) is 5.10 Å². The van der Waals surface area contributed by atoms with E-state index < -0.39 is 4.92 Å². The Kier molecular flexibility index (Phi) is 2.43. The number of nitrogens with zero attached hydrogens (tertiary/aromatic N) is 3. The first-order valence-electron chi connectivity index (χ1n) is 4.76. The van der Waals surface area contributed by atoms with E-state index in [4.69, 9.17) is 5.73 Å². The molecule has 0 bridgehead atoms. The van der Waals surface area contributed by atoms with E-state index in [9.17, 15) is 15.2 Å². The lowest BCUT2D eigenvalue weighted by Crippen LogP contribution is -1.97. The number of nitro groups is 1. The first-order valence-corrected chi connectivity index (χ1v) is 4.76. The van der Waals surface area contributed by atoms with Gasteiger partial charge in [-0.15, -0.1) is 0 Å². The van der Waals surface area contributed by atoms with Crippen LogP contribution in [0.2, 0.25) is 0 Å². The molecule has 2 rings (SSSR count). The summed E-state index contributed by atoms with van der Waals surface area (Å²) in [7, 11) is 1.68. The average molecular weight is 234 g/mol. The molecule has 3 N–H and O–H groups in total. The van der Waals surface area contributed by atoms with Crippen molar-refractivity contribution in [1.82, 2.24) is 9.78 Å². The number of aromatic nitrogens is 2. The van der Waals surface area contributed by atoms with Gasteiger partial charge in [0.25, 0.3) is 0 Å². The second kappa shape index (κ2) is 3.78. The van der Waals surface area contributed by atoms with E-state index in [1.807, 2.05) is 0 Å². The Bertz CT molecular complexity index is 572. The summed E-state index contributed by atoms with van der Waals surface area (Å²) in [6.07, 6.45) is 1.47. The quantitative estimate of drug-likeness (QED) is 0.601. The Morgan fingerprint density at radius 1 is 1.53 bits per heavy atom. The van der Waals surface area contributed by atoms with Crippen LogP contribution in [0.5, 0.6) is 5.75 Å². The van der Waals surface area contributed by atoms with E-state index >= 15 is 0 Å². The molecule has 7 nitrogen and oxygen atoms in total. The number of nitrogen functional groups attached to an aromatic ring is 1. The minimum Gasteiger partial charge on any atom is -0.502 e. The van der Waals surface area contributed by atoms with Gasteiger partial charge in [0.1, 0.15) is 0 Å². The maximum Gasteiger partial charge on any atom is 0.311 e. The first-order chi connectivity index (χ1) is 8.00. The highest BCUT2D eigenvalue weighted by Crippen LogP contribution is 2.33. The van der Waals surface area contributed by atoms with Gasteiger partial charge in [0.05, 0.1) is 22.5 Å². The SMILES string of the molecule is Cn1ncc(N)c1-c1ccc(O)c([N+](=O)[O-])c1. The number of hydrogen-bond donors (Lipinski definition) is 2. The summed E-state index contributed by atoms with van der Waals surface area (Å²) in [6.45, 7) is 0. The zero-order chi connectivity index (χ0) is 12.6. The van der Waals surface area contributed by atoms with Gasteiger partial charge >= 0.3 is 5.69 Å². The lowest BCUT2D eigenvalue weighted by molar-refractivity contribution is -0.385. The second-order valence-corrected chi connectivity index (χ2v) is 3.53. The highest BCUT2D eigenvalue weighted by atomic mass is 16.6. The smallest absolute Gasteiger partial charge is 0.311 e. The fourth-order valence-corrected chi connectivity index (χ4v) is 1.62. The van der Waals surface area contributed by atoms with Gasteiger partial charge in [0.2, 0.25) is 0 Å². The van der Waals surface area contributed by atoms with Crippen LogP contribution in [-0.2, 0) is 7.05 Å². The highest BCUT2D eigenvalue weighted by molar-refractivity contribution is 5.75. The zero-order valence-corrected chi connectivity index (χ0v) is 8.99. The molecular weight excluding hydrogens is 224 g/mol. The number of phenols is 1. The average Bonchev–Trinajstić information content (AvgIpc) is 2.59. The molecule has 1 aromatic heterocycles. The van der Waals surface area contributed by atoms with Crippen molar-refractivity contribution >= 4 is 11.4 Å². The third-order valence-corrected chi connectivity index (χ3v) is 2.41. The van der Waals surface area contributed by atoms with E-state index in [1.165, 1.54) is 23.0 Å². The highest BCUT2D eigenvalue weighted by Gasteiger charge is 2.17. The molecule has 1 heterocycles. The molecule has 0 unspecified atom stereocenters. The lowest BCUT2D eigenvalue weighted by Gasteiger charge is -2.04. The Labute approximate surface area is 96.2 Å². The van der Waals surface area contributed by atoms with Gasteiger partial charge in [-0.3, -0.25) is 14.8 Å². The van der Waals surface area contributed by atoms with Crippen LogP contribution in [0, 0.1) is 10.1 Å². The summed E-state index contributed by atoms with van der Waals surface area (Å²) in [5.74, 6) is -0.375. The lowest BCUT2D eigenvalue weighted by atomic mass is 10.1. The molecule has 1 aromatic carbocycles. The van der Waals surface area contributed by atoms with E-state index in [1.54, 1.807) is 13.1 Å². The van der Waals surface area contributed by atoms with Crippen molar-refractivity contribution in [1.29, 1.82) is 0 Å². The second-order valence-electron chi connectivity index (χ2n) is 3.53. The van der Waals surface area contributed by atoms with Crippen LogP contribution in [0.4, 0.5) is 11.4 Å². The number of rotatable bonds is 2. The van der Waals surface area contributed by atoms with Crippen molar-refractivity contribution in [3.8, 4) is 17.0 Å². The van der Waals surface area contributed by atoms with Crippen molar-refractivity contribution in [2.75, 3.05) is 5.73 Å². The molecule has 0 saturated carbocycles. The predicted molar refractivity (Wildman–Crippen MR) is 61.4 cm³/mol. The van der Waals surface area contributed by atoms with Gasteiger partial charge < -0.3 is 10.8 Å². The predicted octanol–water partition coefficient (Wildman–Crippen LogP) is 1.28. The number of aryl methyl sites for hydroxylation is 1. The summed E-state index contributed by atoms with van der Waals surface area (Å²) >= 11 is 0. The molecule has 2 aromatic rings. The molecule has 0 radical (unpaired) electrons. The summed E-state index contributed by atoms with van der Waals surface area (Å²) in [5.41, 5.74) is 6.90. The standard InChI is InChI=1S/C10H10N4O3/c1-13-10(7(11)5-12-13)6-2-3-9(15)8(4-6)14(16)17/h2-5,15H,11H2,1H3. The van der Waals surface area contributed by atoms with E-state index in [-0.39, 0.29) is 11.4 Å². The van der Waals surface area contributed by atoms with Gasteiger partial charge in [0, 0.05) is 18.7 Å². The largest absolute Gasteiger partial charge is 0.502 e. The van der Waals surface area contributed by atoms with Crippen LogP contribution in [0.1, 0.15) is 0 Å². The number of hydrogen-bond acceptors (Lipinski definition) is 5. The number of nitrogens with two attached hydrogens (primary N) is 1. The number of nitro benzene ring substituents is 1. The minimum atomic E-state index is -0.647. The van der Waals surface area contributed by atoms with Gasteiger partial charge in [-0.25, -0.2) is 0 Å². The number of anilines is 1. The van der Waals surface area contributed by atoms with Crippen LogP contribution in [0.15, 0.2) is 24.4 Å². The normalized spacial score (nSPS) is 10.4. The Hall–Kier alpha value is -2.57. The summed E-state index contributed by atoms with van der Waals surface area (Å²) < 4.78 is 1.52. The van der Waals surface area contributed by atoms with E-state index in [0.717, 1.165) is 0 Å². The van der Waals surface area contributed by atoms with Crippen molar-refractivity contribution in [2.24, 2.45) is 7.05 Å². The van der Waals surface area contributed by atoms with E-state index in [0.29, 0.717) is 16.9 Å². The molecule has 0 fully saturated rings. The Balaban J connectivity index is 2.62. The molecule has 0 atom stereocenters. The molecule has 0 amide bonds. The van der Waals surface area contributed by atoms with Crippen molar-refractivity contribution in [3.63, 3.8) is 0 Å². The maximum atomic E-state index is 10.7. The molecule has 0 saturated heterocycles. The summed E-state index contributed by atoms with van der Waals surface area (Å²) in [4.78, 5) is 10.1. The van der Waals surface area contributed by atoms with Gasteiger partial charge in [0.15, 0.2) is 5.75 Å². The minimum absolute atomic E-state index is 0.358. The molecule has 0 aliphatic rings. The third-order valence-electron chi connectivity index (χ3n) is 2.41. The monoisotopic (exact) mass is 234 g/mol. The van der Waals surface area contributed by atoms with Crippen molar-refractivity contribution in [3.05, 3.63) is 34.5 Å². The molecule has 7 heteroatoms. The fourth-order valence-electron chi connectivity index (χ4n) is 1.62. The summed E-state index contributed by atoms with van der Waals surface area (Å²) in [5, 5.41) is 24.0. The molecular formula is C10H10N4O3. The summed E-state index contributed by atoms with van der Waals surface area (Å²) in [6, 6.07) is 4.08. The van der Waals surface area contributed by atoms with Crippen LogP contribution in [0.3, 0.4) is 0 Å². The van der Waals surface area contributed by atoms with Crippen molar-refractivity contribution in [2.45, 2.75) is 0 Å². The number of aromatic hydroxyl groups is 1. The number of benzene rings is 1. The van der Waals surface area contributed by atoms with Gasteiger partial charge in [-0.1, -0.05) is 0 Å². The zero-order valence-electron chi connectivity index (χ0n) is 8.99. The van der Waals surface area contributed by atoms with Gasteiger partial charge in [-0.2, -0.15) is 5.10 Å². The number of phenolic OH excluding ortho intramolecular Hbond substituents is 1. The van der Waals surface area contributed by atoms with Gasteiger partial charge in [-0.05, 0) is 12.1 Å².